The molecule has 9 heteroatoms. The number of aromatic nitrogens is 3. The number of carbonyl (C=O) groups excluding carboxylic acids is 1. The van der Waals surface area contributed by atoms with Crippen molar-refractivity contribution in [2.75, 3.05) is 12.4 Å². The van der Waals surface area contributed by atoms with Gasteiger partial charge in [-0.25, -0.2) is 9.97 Å². The van der Waals surface area contributed by atoms with Crippen molar-refractivity contribution in [2.45, 2.75) is 43.6 Å². The smallest absolute Gasteiger partial charge is 0.263 e. The molecule has 4 heterocycles. The van der Waals surface area contributed by atoms with Gasteiger partial charge in [0.2, 0.25) is 5.91 Å². The van der Waals surface area contributed by atoms with Gasteiger partial charge in [-0.15, -0.1) is 0 Å². The van der Waals surface area contributed by atoms with E-state index in [-0.39, 0.29) is 29.4 Å². The topological polar surface area (TPSA) is 99.2 Å². The van der Waals surface area contributed by atoms with Crippen LogP contribution < -0.4 is 10.9 Å². The van der Waals surface area contributed by atoms with Crippen LogP contribution in [0.5, 0.6) is 0 Å². The number of furan rings is 1. The van der Waals surface area contributed by atoms with Gasteiger partial charge in [0.15, 0.2) is 10.8 Å². The Morgan fingerprint density at radius 3 is 3.07 bits per heavy atom. The first-order chi connectivity index (χ1) is 14.1. The fourth-order valence-electron chi connectivity index (χ4n) is 3.32. The summed E-state index contributed by atoms with van der Waals surface area (Å²) < 4.78 is 12.6. The van der Waals surface area contributed by atoms with E-state index in [2.05, 4.69) is 15.3 Å². The average Bonchev–Trinajstić information content (AvgIpc) is 3.43. The second-order valence-electron chi connectivity index (χ2n) is 6.91. The first-order valence-electron chi connectivity index (χ1n) is 9.54. The van der Waals surface area contributed by atoms with Crippen molar-refractivity contribution in [1.29, 1.82) is 0 Å². The Morgan fingerprint density at radius 1 is 1.41 bits per heavy atom. The number of fused-ring (bicyclic) bond motifs is 1. The molecule has 29 heavy (non-hydrogen) atoms. The molecule has 4 rings (SSSR count). The summed E-state index contributed by atoms with van der Waals surface area (Å²) in [6.07, 6.45) is 5.05. The third-order valence-corrected chi connectivity index (χ3v) is 5.76. The summed E-state index contributed by atoms with van der Waals surface area (Å²) in [5.74, 6) is 0.644. The van der Waals surface area contributed by atoms with E-state index in [4.69, 9.17) is 9.15 Å². The molecule has 8 nitrogen and oxygen atoms in total. The lowest BCUT2D eigenvalue weighted by Gasteiger charge is -2.16. The summed E-state index contributed by atoms with van der Waals surface area (Å²) in [5, 5.41) is 3.82. The van der Waals surface area contributed by atoms with Crippen LogP contribution in [0.25, 0.3) is 11.0 Å². The van der Waals surface area contributed by atoms with Crippen LogP contribution in [0.4, 0.5) is 0 Å². The minimum absolute atomic E-state index is 0.0178. The molecule has 1 fully saturated rings. The number of hydrogen-bond acceptors (Lipinski definition) is 7. The number of ether oxygens (including phenoxy) is 1. The van der Waals surface area contributed by atoms with Gasteiger partial charge in [0, 0.05) is 12.8 Å². The van der Waals surface area contributed by atoms with Crippen LogP contribution in [-0.2, 0) is 16.1 Å². The lowest BCUT2D eigenvalue weighted by atomic mass is 10.2. The van der Waals surface area contributed by atoms with Crippen molar-refractivity contribution in [3.63, 3.8) is 0 Å². The van der Waals surface area contributed by atoms with E-state index >= 15 is 0 Å². The standard InChI is InChI=1S/C20H22N4O4S/c1-13(16-7-4-10-28-16)22-17(25)12-29-20-23-18-15(6-2-8-21-18)19(26)24(20)11-14-5-3-9-27-14/h2,4,6-8,10,13-14H,3,5,9,11-12H2,1H3,(H,22,25). The lowest BCUT2D eigenvalue weighted by Crippen LogP contribution is -2.31. The van der Waals surface area contributed by atoms with Crippen molar-refractivity contribution in [1.82, 2.24) is 19.9 Å². The minimum atomic E-state index is -0.238. The molecule has 0 radical (unpaired) electrons. The summed E-state index contributed by atoms with van der Waals surface area (Å²) in [5.41, 5.74) is 0.221. The number of nitrogens with zero attached hydrogens (tertiary/aromatic N) is 3. The van der Waals surface area contributed by atoms with E-state index in [1.807, 2.05) is 13.0 Å². The molecule has 3 aromatic rings. The Labute approximate surface area is 171 Å². The van der Waals surface area contributed by atoms with Crippen LogP contribution in [0.1, 0.15) is 31.6 Å². The fourth-order valence-corrected chi connectivity index (χ4v) is 4.13. The van der Waals surface area contributed by atoms with E-state index in [1.165, 1.54) is 11.8 Å². The van der Waals surface area contributed by atoms with Gasteiger partial charge in [-0.3, -0.25) is 14.2 Å². The maximum absolute atomic E-state index is 13.0. The first kappa shape index (κ1) is 19.7. The Bertz CT molecular complexity index is 1040. The third kappa shape index (κ3) is 4.51. The highest BCUT2D eigenvalue weighted by Gasteiger charge is 2.21. The van der Waals surface area contributed by atoms with Crippen molar-refractivity contribution >= 4 is 28.7 Å². The zero-order valence-electron chi connectivity index (χ0n) is 16.0. The second-order valence-corrected chi connectivity index (χ2v) is 7.86. The monoisotopic (exact) mass is 414 g/mol. The average molecular weight is 414 g/mol. The second kappa shape index (κ2) is 8.79. The molecule has 1 N–H and O–H groups in total. The van der Waals surface area contributed by atoms with E-state index in [9.17, 15) is 9.59 Å². The van der Waals surface area contributed by atoms with Gasteiger partial charge in [0.1, 0.15) is 5.76 Å². The van der Waals surface area contributed by atoms with Gasteiger partial charge in [0.05, 0.1) is 36.1 Å². The molecule has 0 spiro atoms. The molecule has 0 aromatic carbocycles. The van der Waals surface area contributed by atoms with Crippen molar-refractivity contribution in [2.24, 2.45) is 0 Å². The number of amides is 1. The highest BCUT2D eigenvalue weighted by Crippen LogP contribution is 2.21. The van der Waals surface area contributed by atoms with E-state index < -0.39 is 0 Å². The first-order valence-corrected chi connectivity index (χ1v) is 10.5. The zero-order valence-corrected chi connectivity index (χ0v) is 16.9. The molecule has 1 aliphatic rings. The van der Waals surface area contributed by atoms with Gasteiger partial charge < -0.3 is 14.5 Å². The van der Waals surface area contributed by atoms with Crippen LogP contribution in [0.15, 0.2) is 51.1 Å². The number of hydrogen-bond donors (Lipinski definition) is 1. The maximum atomic E-state index is 13.0. The SMILES string of the molecule is CC(NC(=O)CSc1nc2ncccc2c(=O)n1CC1CCCO1)c1ccco1. The summed E-state index contributed by atoms with van der Waals surface area (Å²) in [4.78, 5) is 34.2. The summed E-state index contributed by atoms with van der Waals surface area (Å²) in [7, 11) is 0. The number of pyridine rings is 1. The van der Waals surface area contributed by atoms with Crippen LogP contribution in [0, 0.1) is 0 Å². The molecule has 0 saturated carbocycles. The summed E-state index contributed by atoms with van der Waals surface area (Å²) in [6.45, 7) is 2.98. The molecule has 1 saturated heterocycles. The fraction of sp³-hybridized carbons (Fsp3) is 0.400. The molecular formula is C20H22N4O4S. The van der Waals surface area contributed by atoms with Crippen LogP contribution in [-0.4, -0.2) is 38.9 Å². The Morgan fingerprint density at radius 2 is 2.31 bits per heavy atom. The largest absolute Gasteiger partial charge is 0.467 e. The van der Waals surface area contributed by atoms with Crippen molar-refractivity contribution < 1.29 is 13.9 Å². The van der Waals surface area contributed by atoms with Gasteiger partial charge in [-0.2, -0.15) is 0 Å². The molecule has 152 valence electrons. The van der Waals surface area contributed by atoms with Crippen molar-refractivity contribution in [3.8, 4) is 0 Å². The normalized spacial score (nSPS) is 17.5. The van der Waals surface area contributed by atoms with Crippen LogP contribution in [0.2, 0.25) is 0 Å². The lowest BCUT2D eigenvalue weighted by molar-refractivity contribution is -0.119. The summed E-state index contributed by atoms with van der Waals surface area (Å²) in [6, 6.07) is 6.79. The Hall–Kier alpha value is -2.65. The van der Waals surface area contributed by atoms with Gasteiger partial charge in [-0.1, -0.05) is 11.8 Å². The zero-order chi connectivity index (χ0) is 20.2. The minimum Gasteiger partial charge on any atom is -0.467 e. The molecule has 2 unspecified atom stereocenters. The van der Waals surface area contributed by atoms with E-state index in [0.717, 1.165) is 12.8 Å². The van der Waals surface area contributed by atoms with Crippen molar-refractivity contribution in [3.05, 3.63) is 52.8 Å². The molecule has 1 amide bonds. The Balaban J connectivity index is 1.53. The number of carbonyl (C=O) groups is 1. The van der Waals surface area contributed by atoms with E-state index in [1.54, 1.807) is 35.2 Å². The number of rotatable bonds is 7. The van der Waals surface area contributed by atoms with Gasteiger partial charge in [0.25, 0.3) is 5.56 Å². The molecular weight excluding hydrogens is 392 g/mol. The summed E-state index contributed by atoms with van der Waals surface area (Å²) >= 11 is 1.22. The van der Waals surface area contributed by atoms with Crippen LogP contribution >= 0.6 is 11.8 Å². The maximum Gasteiger partial charge on any atom is 0.263 e. The predicted octanol–water partition coefficient (Wildman–Crippen LogP) is 2.53. The molecule has 0 aliphatic carbocycles. The third-order valence-electron chi connectivity index (χ3n) is 4.78. The Kier molecular flexibility index (Phi) is 5.96. The molecule has 2 atom stereocenters. The van der Waals surface area contributed by atoms with Gasteiger partial charge >= 0.3 is 0 Å². The highest BCUT2D eigenvalue weighted by molar-refractivity contribution is 7.99. The highest BCUT2D eigenvalue weighted by atomic mass is 32.2. The van der Waals surface area contributed by atoms with Crippen LogP contribution in [0.3, 0.4) is 0 Å². The molecule has 0 bridgehead atoms. The quantitative estimate of drug-likeness (QED) is 0.468. The molecule has 3 aromatic heterocycles. The predicted molar refractivity (Wildman–Crippen MR) is 109 cm³/mol. The van der Waals surface area contributed by atoms with E-state index in [0.29, 0.717) is 35.1 Å². The number of nitrogens with one attached hydrogen (secondary N) is 1. The number of thioether (sulfide) groups is 1. The van der Waals surface area contributed by atoms with Gasteiger partial charge in [-0.05, 0) is 44.0 Å². The molecule has 1 aliphatic heterocycles.